The topological polar surface area (TPSA) is 75.6 Å². The summed E-state index contributed by atoms with van der Waals surface area (Å²) < 4.78 is 5.24. The zero-order chi connectivity index (χ0) is 14.6. The molecule has 1 rings (SSSR count). The molecule has 0 fully saturated rings. The standard InChI is InChI=1S/C13H16ClNO4/c1-13(2,3)15-11(16)7-19-10-5-4-8(12(17)18)6-9(10)14/h4-6H,7H2,1-3H3,(H,15,16)(H,17,18). The smallest absolute Gasteiger partial charge is 0.335 e. The van der Waals surface area contributed by atoms with Crippen LogP contribution in [0.5, 0.6) is 5.75 Å². The third-order valence-electron chi connectivity index (χ3n) is 2.05. The fourth-order valence-electron chi connectivity index (χ4n) is 1.35. The molecule has 0 aliphatic rings. The van der Waals surface area contributed by atoms with Gasteiger partial charge < -0.3 is 15.2 Å². The molecule has 1 aromatic carbocycles. The lowest BCUT2D eigenvalue weighted by Crippen LogP contribution is -2.43. The Kier molecular flexibility index (Phi) is 4.78. The Labute approximate surface area is 116 Å². The van der Waals surface area contributed by atoms with E-state index >= 15 is 0 Å². The summed E-state index contributed by atoms with van der Waals surface area (Å²) in [6, 6.07) is 4.07. The van der Waals surface area contributed by atoms with Crippen molar-refractivity contribution in [3.8, 4) is 5.75 Å². The molecular weight excluding hydrogens is 270 g/mol. The minimum absolute atomic E-state index is 0.0662. The van der Waals surface area contributed by atoms with E-state index in [1.54, 1.807) is 0 Å². The van der Waals surface area contributed by atoms with E-state index in [-0.39, 0.29) is 34.4 Å². The van der Waals surface area contributed by atoms with Gasteiger partial charge >= 0.3 is 5.97 Å². The van der Waals surface area contributed by atoms with E-state index in [2.05, 4.69) is 5.32 Å². The molecule has 0 bridgehead atoms. The van der Waals surface area contributed by atoms with Crippen LogP contribution in [0.3, 0.4) is 0 Å². The minimum atomic E-state index is -1.07. The average Bonchev–Trinajstić information content (AvgIpc) is 2.24. The van der Waals surface area contributed by atoms with Crippen molar-refractivity contribution in [3.05, 3.63) is 28.8 Å². The van der Waals surface area contributed by atoms with Gasteiger partial charge in [0.1, 0.15) is 5.75 Å². The molecule has 1 aromatic rings. The van der Waals surface area contributed by atoms with Gasteiger partial charge in [-0.15, -0.1) is 0 Å². The molecule has 2 N–H and O–H groups in total. The number of hydrogen-bond acceptors (Lipinski definition) is 3. The van der Waals surface area contributed by atoms with Crippen LogP contribution in [0, 0.1) is 0 Å². The largest absolute Gasteiger partial charge is 0.482 e. The number of ether oxygens (including phenoxy) is 1. The monoisotopic (exact) mass is 285 g/mol. The maximum Gasteiger partial charge on any atom is 0.335 e. The molecule has 0 aromatic heterocycles. The van der Waals surface area contributed by atoms with E-state index in [4.69, 9.17) is 21.4 Å². The van der Waals surface area contributed by atoms with Crippen LogP contribution in [0.15, 0.2) is 18.2 Å². The number of amides is 1. The van der Waals surface area contributed by atoms with Gasteiger partial charge in [-0.2, -0.15) is 0 Å². The number of carbonyl (C=O) groups is 2. The fourth-order valence-corrected chi connectivity index (χ4v) is 1.58. The highest BCUT2D eigenvalue weighted by Crippen LogP contribution is 2.25. The highest BCUT2D eigenvalue weighted by atomic mass is 35.5. The first-order valence-electron chi connectivity index (χ1n) is 5.66. The van der Waals surface area contributed by atoms with Crippen molar-refractivity contribution in [2.24, 2.45) is 0 Å². The van der Waals surface area contributed by atoms with Gasteiger partial charge in [0.15, 0.2) is 6.61 Å². The second kappa shape index (κ2) is 5.93. The molecule has 0 saturated heterocycles. The number of nitrogens with one attached hydrogen (secondary N) is 1. The van der Waals surface area contributed by atoms with Gasteiger partial charge in [0, 0.05) is 5.54 Å². The molecule has 1 amide bonds. The van der Waals surface area contributed by atoms with E-state index in [0.29, 0.717) is 0 Å². The van der Waals surface area contributed by atoms with Gasteiger partial charge in [0.05, 0.1) is 10.6 Å². The molecule has 0 heterocycles. The Morgan fingerprint density at radius 3 is 2.47 bits per heavy atom. The predicted molar refractivity (Wildman–Crippen MR) is 71.8 cm³/mol. The zero-order valence-electron chi connectivity index (χ0n) is 11.0. The summed E-state index contributed by atoms with van der Waals surface area (Å²) in [6.45, 7) is 5.40. The SMILES string of the molecule is CC(C)(C)NC(=O)COc1ccc(C(=O)O)cc1Cl. The van der Waals surface area contributed by atoms with Crippen molar-refractivity contribution in [1.29, 1.82) is 0 Å². The van der Waals surface area contributed by atoms with Crippen LogP contribution in [0.4, 0.5) is 0 Å². The zero-order valence-corrected chi connectivity index (χ0v) is 11.7. The first-order valence-corrected chi connectivity index (χ1v) is 6.03. The van der Waals surface area contributed by atoms with Crippen LogP contribution in [0.1, 0.15) is 31.1 Å². The quantitative estimate of drug-likeness (QED) is 0.890. The normalized spacial score (nSPS) is 10.9. The Bertz CT molecular complexity index is 494. The number of halogens is 1. The number of benzene rings is 1. The van der Waals surface area contributed by atoms with Crippen LogP contribution in [0.2, 0.25) is 5.02 Å². The van der Waals surface area contributed by atoms with Crippen LogP contribution < -0.4 is 10.1 Å². The van der Waals surface area contributed by atoms with Crippen molar-refractivity contribution in [1.82, 2.24) is 5.32 Å². The Morgan fingerprint density at radius 1 is 1.37 bits per heavy atom. The first-order chi connectivity index (χ1) is 8.69. The number of carbonyl (C=O) groups excluding carboxylic acids is 1. The highest BCUT2D eigenvalue weighted by molar-refractivity contribution is 6.32. The van der Waals surface area contributed by atoms with Gasteiger partial charge in [-0.05, 0) is 39.0 Å². The van der Waals surface area contributed by atoms with Crippen molar-refractivity contribution in [2.45, 2.75) is 26.3 Å². The number of hydrogen-bond donors (Lipinski definition) is 2. The van der Waals surface area contributed by atoms with Gasteiger partial charge in [-0.3, -0.25) is 4.79 Å². The lowest BCUT2D eigenvalue weighted by molar-refractivity contribution is -0.124. The van der Waals surface area contributed by atoms with E-state index < -0.39 is 5.97 Å². The van der Waals surface area contributed by atoms with Gasteiger partial charge in [-0.1, -0.05) is 11.6 Å². The summed E-state index contributed by atoms with van der Waals surface area (Å²) in [7, 11) is 0. The third-order valence-corrected chi connectivity index (χ3v) is 2.35. The van der Waals surface area contributed by atoms with Crippen LogP contribution in [-0.2, 0) is 4.79 Å². The Hall–Kier alpha value is -1.75. The molecule has 0 radical (unpaired) electrons. The molecule has 0 aliphatic carbocycles. The summed E-state index contributed by atoms with van der Waals surface area (Å²) in [4.78, 5) is 22.3. The number of aromatic carboxylic acids is 1. The molecule has 0 spiro atoms. The van der Waals surface area contributed by atoms with E-state index in [1.807, 2.05) is 20.8 Å². The molecule has 0 saturated carbocycles. The molecular formula is C13H16ClNO4. The van der Waals surface area contributed by atoms with Crippen LogP contribution in [-0.4, -0.2) is 29.1 Å². The number of carboxylic acid groups (broad SMARTS) is 1. The minimum Gasteiger partial charge on any atom is -0.482 e. The van der Waals surface area contributed by atoms with Gasteiger partial charge in [0.25, 0.3) is 5.91 Å². The maximum atomic E-state index is 11.5. The summed E-state index contributed by atoms with van der Waals surface area (Å²) in [6.07, 6.45) is 0. The third kappa shape index (κ3) is 5.18. The van der Waals surface area contributed by atoms with Gasteiger partial charge in [0.2, 0.25) is 0 Å². The lowest BCUT2D eigenvalue weighted by Gasteiger charge is -2.20. The molecule has 5 nitrogen and oxygen atoms in total. The summed E-state index contributed by atoms with van der Waals surface area (Å²) in [5.74, 6) is -1.07. The highest BCUT2D eigenvalue weighted by Gasteiger charge is 2.15. The van der Waals surface area contributed by atoms with Crippen LogP contribution in [0.25, 0.3) is 0 Å². The number of rotatable bonds is 4. The van der Waals surface area contributed by atoms with E-state index in [0.717, 1.165) is 0 Å². The van der Waals surface area contributed by atoms with Gasteiger partial charge in [-0.25, -0.2) is 4.79 Å². The number of carboxylic acids is 1. The van der Waals surface area contributed by atoms with Crippen LogP contribution >= 0.6 is 11.6 Å². The molecule has 19 heavy (non-hydrogen) atoms. The lowest BCUT2D eigenvalue weighted by atomic mass is 10.1. The predicted octanol–water partition coefficient (Wildman–Crippen LogP) is 2.33. The molecule has 0 unspecified atom stereocenters. The Morgan fingerprint density at radius 2 is 2.00 bits per heavy atom. The molecule has 0 aliphatic heterocycles. The van der Waals surface area contributed by atoms with E-state index in [9.17, 15) is 9.59 Å². The second-order valence-electron chi connectivity index (χ2n) is 5.04. The maximum absolute atomic E-state index is 11.5. The fraction of sp³-hybridized carbons (Fsp3) is 0.385. The second-order valence-corrected chi connectivity index (χ2v) is 5.44. The average molecular weight is 286 g/mol. The van der Waals surface area contributed by atoms with Crippen molar-refractivity contribution < 1.29 is 19.4 Å². The van der Waals surface area contributed by atoms with Crippen molar-refractivity contribution in [2.75, 3.05) is 6.61 Å². The van der Waals surface area contributed by atoms with Crippen molar-refractivity contribution in [3.63, 3.8) is 0 Å². The molecule has 6 heteroatoms. The molecule has 104 valence electrons. The first kappa shape index (κ1) is 15.3. The summed E-state index contributed by atoms with van der Waals surface area (Å²) >= 11 is 5.87. The Balaban J connectivity index is 2.64. The molecule has 0 atom stereocenters. The van der Waals surface area contributed by atoms with E-state index in [1.165, 1.54) is 18.2 Å². The summed E-state index contributed by atoms with van der Waals surface area (Å²) in [5.41, 5.74) is -0.270. The summed E-state index contributed by atoms with van der Waals surface area (Å²) in [5, 5.41) is 11.7. The van der Waals surface area contributed by atoms with Crippen molar-refractivity contribution >= 4 is 23.5 Å².